The number of carbonyl (C=O) groups excluding carboxylic acids is 2. The molecule has 1 N–H and O–H groups in total. The number of ether oxygens (including phenoxy) is 2. The number of halogens is 1. The highest BCUT2D eigenvalue weighted by Crippen LogP contribution is 2.44. The molecular formula is C18H22ClN3O4. The van der Waals surface area contributed by atoms with Crippen molar-refractivity contribution >= 4 is 29.1 Å². The smallest absolute Gasteiger partial charge is 0.264 e. The van der Waals surface area contributed by atoms with Gasteiger partial charge in [0.15, 0.2) is 18.1 Å². The molecule has 1 aromatic carbocycles. The number of fused-ring (bicyclic) bond motifs is 4. The van der Waals surface area contributed by atoms with Crippen LogP contribution in [0.2, 0.25) is 5.02 Å². The lowest BCUT2D eigenvalue weighted by molar-refractivity contribution is -0.121. The molecule has 26 heavy (non-hydrogen) atoms. The van der Waals surface area contributed by atoms with Gasteiger partial charge in [0.2, 0.25) is 0 Å². The van der Waals surface area contributed by atoms with Crippen LogP contribution in [0.1, 0.15) is 23.2 Å². The number of hydrogen-bond acceptors (Lipinski definition) is 5. The number of hydrogen-bond donors (Lipinski definition) is 1. The fraction of sp³-hybridized carbons (Fsp3) is 0.556. The van der Waals surface area contributed by atoms with E-state index < -0.39 is 0 Å². The lowest BCUT2D eigenvalue weighted by Crippen LogP contribution is -2.57. The first-order valence-electron chi connectivity index (χ1n) is 8.82. The molecule has 0 saturated carbocycles. The second-order valence-corrected chi connectivity index (χ2v) is 7.48. The van der Waals surface area contributed by atoms with E-state index in [-0.39, 0.29) is 40.8 Å². The third-order valence-corrected chi connectivity index (χ3v) is 5.93. The van der Waals surface area contributed by atoms with E-state index in [1.807, 2.05) is 0 Å². The minimum absolute atomic E-state index is 0.104. The monoisotopic (exact) mass is 379 g/mol. The lowest BCUT2D eigenvalue weighted by atomic mass is 9.84. The summed E-state index contributed by atoms with van der Waals surface area (Å²) in [4.78, 5) is 28.9. The van der Waals surface area contributed by atoms with Crippen molar-refractivity contribution in [3.63, 3.8) is 0 Å². The third kappa shape index (κ3) is 2.79. The zero-order chi connectivity index (χ0) is 18.4. The number of amides is 2. The second-order valence-electron chi connectivity index (χ2n) is 7.07. The summed E-state index contributed by atoms with van der Waals surface area (Å²) in [5, 5.41) is 3.42. The van der Waals surface area contributed by atoms with Crippen LogP contribution >= 0.6 is 11.6 Å². The van der Waals surface area contributed by atoms with Gasteiger partial charge in [0, 0.05) is 19.6 Å². The van der Waals surface area contributed by atoms with Crippen molar-refractivity contribution in [3.05, 3.63) is 16.7 Å². The molecule has 7 nitrogen and oxygen atoms in total. The number of nitrogens with one attached hydrogen (secondary N) is 1. The van der Waals surface area contributed by atoms with E-state index in [1.165, 1.54) is 12.0 Å². The molecule has 2 bridgehead atoms. The molecule has 8 heteroatoms. The molecule has 5 rings (SSSR count). The van der Waals surface area contributed by atoms with Crippen molar-refractivity contribution in [1.82, 2.24) is 10.2 Å². The largest absolute Gasteiger partial charge is 0.494 e. The van der Waals surface area contributed by atoms with Gasteiger partial charge in [-0.2, -0.15) is 0 Å². The Bertz CT molecular complexity index is 761. The van der Waals surface area contributed by atoms with Crippen LogP contribution in [0.5, 0.6) is 11.5 Å². The quantitative estimate of drug-likeness (QED) is 0.862. The minimum Gasteiger partial charge on any atom is -0.494 e. The van der Waals surface area contributed by atoms with Gasteiger partial charge in [-0.1, -0.05) is 11.6 Å². The van der Waals surface area contributed by atoms with E-state index in [2.05, 4.69) is 10.2 Å². The molecule has 2 amide bonds. The van der Waals surface area contributed by atoms with Crippen molar-refractivity contribution in [3.8, 4) is 11.5 Å². The molecular weight excluding hydrogens is 358 g/mol. The fourth-order valence-corrected chi connectivity index (χ4v) is 4.41. The summed E-state index contributed by atoms with van der Waals surface area (Å²) in [7, 11) is 3.11. The summed E-state index contributed by atoms with van der Waals surface area (Å²) in [5.41, 5.74) is 0.733. The first kappa shape index (κ1) is 17.4. The van der Waals surface area contributed by atoms with Gasteiger partial charge in [-0.15, -0.1) is 0 Å². The van der Waals surface area contributed by atoms with Crippen LogP contribution in [0.4, 0.5) is 5.69 Å². The highest BCUT2D eigenvalue weighted by atomic mass is 35.5. The molecule has 4 heterocycles. The molecule has 0 aromatic heterocycles. The molecule has 1 atom stereocenters. The van der Waals surface area contributed by atoms with Crippen molar-refractivity contribution in [2.75, 3.05) is 45.3 Å². The number of piperidine rings is 3. The summed E-state index contributed by atoms with van der Waals surface area (Å²) in [5.74, 6) is 0.638. The first-order valence-corrected chi connectivity index (χ1v) is 9.20. The standard InChI is InChI=1S/C18H22ClN3O4/c1-21-13-7-11(19)16(25-2)15(17(13)26-9-14(21)23)18(24)20-12-8-22-5-3-10(12)4-6-22/h7,10,12H,3-6,8-9H2,1-2H3,(H,20,24). The summed E-state index contributed by atoms with van der Waals surface area (Å²) in [6, 6.07) is 1.70. The Balaban J connectivity index is 1.69. The zero-order valence-corrected chi connectivity index (χ0v) is 15.6. The van der Waals surface area contributed by atoms with Crippen molar-refractivity contribution < 1.29 is 19.1 Å². The number of carbonyl (C=O) groups is 2. The van der Waals surface area contributed by atoms with Crippen molar-refractivity contribution in [2.45, 2.75) is 18.9 Å². The fourth-order valence-electron chi connectivity index (χ4n) is 4.14. The lowest BCUT2D eigenvalue weighted by Gasteiger charge is -2.45. The van der Waals surface area contributed by atoms with Crippen LogP contribution in [-0.4, -0.2) is 63.2 Å². The predicted octanol–water partition coefficient (Wildman–Crippen LogP) is 1.53. The maximum atomic E-state index is 13.1. The predicted molar refractivity (Wildman–Crippen MR) is 97.3 cm³/mol. The zero-order valence-electron chi connectivity index (χ0n) is 14.9. The molecule has 4 aliphatic rings. The van der Waals surface area contributed by atoms with E-state index in [9.17, 15) is 9.59 Å². The summed E-state index contributed by atoms with van der Waals surface area (Å²) < 4.78 is 11.0. The van der Waals surface area contributed by atoms with Crippen molar-refractivity contribution in [1.29, 1.82) is 0 Å². The normalized spacial score (nSPS) is 27.0. The average Bonchev–Trinajstić information content (AvgIpc) is 2.65. The number of methoxy groups -OCH3 is 1. The van der Waals surface area contributed by atoms with Crippen LogP contribution in [0.3, 0.4) is 0 Å². The van der Waals surface area contributed by atoms with E-state index in [4.69, 9.17) is 21.1 Å². The number of rotatable bonds is 3. The van der Waals surface area contributed by atoms with Crippen LogP contribution in [0.25, 0.3) is 0 Å². The Morgan fingerprint density at radius 3 is 2.73 bits per heavy atom. The van der Waals surface area contributed by atoms with E-state index >= 15 is 0 Å². The highest BCUT2D eigenvalue weighted by Gasteiger charge is 2.37. The molecule has 140 valence electrons. The van der Waals surface area contributed by atoms with E-state index in [0.717, 1.165) is 32.5 Å². The molecule has 0 aliphatic carbocycles. The van der Waals surface area contributed by atoms with Gasteiger partial charge < -0.3 is 24.6 Å². The average molecular weight is 380 g/mol. The van der Waals surface area contributed by atoms with Crippen LogP contribution in [0.15, 0.2) is 6.07 Å². The molecule has 1 aromatic rings. The molecule has 1 unspecified atom stereocenters. The Hall–Kier alpha value is -1.99. The summed E-state index contributed by atoms with van der Waals surface area (Å²) >= 11 is 6.32. The third-order valence-electron chi connectivity index (χ3n) is 5.65. The van der Waals surface area contributed by atoms with E-state index in [0.29, 0.717) is 17.4 Å². The van der Waals surface area contributed by atoms with Gasteiger partial charge in [0.05, 0.1) is 17.8 Å². The maximum absolute atomic E-state index is 13.1. The first-order chi connectivity index (χ1) is 12.5. The van der Waals surface area contributed by atoms with E-state index in [1.54, 1.807) is 13.1 Å². The molecule has 3 saturated heterocycles. The van der Waals surface area contributed by atoms with Gasteiger partial charge in [-0.3, -0.25) is 9.59 Å². The van der Waals surface area contributed by atoms with Crippen LogP contribution < -0.4 is 19.7 Å². The maximum Gasteiger partial charge on any atom is 0.264 e. The number of nitrogens with zero attached hydrogens (tertiary/aromatic N) is 2. The summed E-state index contributed by atoms with van der Waals surface area (Å²) in [6.45, 7) is 2.95. The molecule has 0 radical (unpaired) electrons. The number of benzene rings is 1. The minimum atomic E-state index is -0.276. The highest BCUT2D eigenvalue weighted by molar-refractivity contribution is 6.33. The van der Waals surface area contributed by atoms with Crippen LogP contribution in [0, 0.1) is 5.92 Å². The molecule has 4 aliphatic heterocycles. The number of likely N-dealkylation sites (N-methyl/N-ethyl adjacent to an activating group) is 1. The molecule has 3 fully saturated rings. The van der Waals surface area contributed by atoms with Gasteiger partial charge in [0.1, 0.15) is 5.56 Å². The number of anilines is 1. The Labute approximate surface area is 157 Å². The summed E-state index contributed by atoms with van der Waals surface area (Å²) in [6.07, 6.45) is 2.20. The Morgan fingerprint density at radius 2 is 2.12 bits per heavy atom. The van der Waals surface area contributed by atoms with Crippen molar-refractivity contribution in [2.24, 2.45) is 5.92 Å². The SMILES string of the molecule is COc1c(Cl)cc2c(c1C(=O)NC1CN3CCC1CC3)OCC(=O)N2C. The second kappa shape index (κ2) is 6.63. The topological polar surface area (TPSA) is 71.1 Å². The van der Waals surface area contributed by atoms with Gasteiger partial charge in [-0.25, -0.2) is 0 Å². The van der Waals surface area contributed by atoms with Crippen LogP contribution in [-0.2, 0) is 4.79 Å². The van der Waals surface area contributed by atoms with Gasteiger partial charge in [-0.05, 0) is 37.9 Å². The Kier molecular flexibility index (Phi) is 4.44. The van der Waals surface area contributed by atoms with Gasteiger partial charge in [0.25, 0.3) is 11.8 Å². The molecule has 0 spiro atoms. The Morgan fingerprint density at radius 1 is 1.38 bits per heavy atom. The van der Waals surface area contributed by atoms with Gasteiger partial charge >= 0.3 is 0 Å².